The van der Waals surface area contributed by atoms with Gasteiger partial charge in [-0.1, -0.05) is 20.8 Å². The minimum atomic E-state index is -0.898. The molecule has 0 amide bonds. The molecule has 0 radical (unpaired) electrons. The van der Waals surface area contributed by atoms with E-state index in [1.165, 1.54) is 0 Å². The van der Waals surface area contributed by atoms with Gasteiger partial charge in [0, 0.05) is 5.41 Å². The summed E-state index contributed by atoms with van der Waals surface area (Å²) in [5.41, 5.74) is -0.353. The second kappa shape index (κ2) is 2.96. The number of carbonyl (C=O) groups excluding carboxylic acids is 1. The molecule has 1 saturated heterocycles. The molecule has 2 aliphatic rings. The summed E-state index contributed by atoms with van der Waals surface area (Å²) in [6.07, 6.45) is 1.04. The average molecular weight is 198 g/mol. The first-order valence-corrected chi connectivity index (χ1v) is 5.33. The van der Waals surface area contributed by atoms with Gasteiger partial charge in [0.1, 0.15) is 0 Å². The molecule has 0 aromatic rings. The topological polar surface area (TPSA) is 46.5 Å². The van der Waals surface area contributed by atoms with Crippen LogP contribution in [0.5, 0.6) is 0 Å². The molecular formula is C11H18O3. The highest BCUT2D eigenvalue weighted by Gasteiger charge is 2.58. The number of esters is 1. The summed E-state index contributed by atoms with van der Waals surface area (Å²) in [5, 5.41) is 9.75. The molecular weight excluding hydrogens is 180 g/mol. The van der Waals surface area contributed by atoms with Crippen LogP contribution >= 0.6 is 0 Å². The minimum Gasteiger partial charge on any atom is -0.435 e. The summed E-state index contributed by atoms with van der Waals surface area (Å²) < 4.78 is 4.95. The fourth-order valence-electron chi connectivity index (χ4n) is 3.46. The molecule has 1 aliphatic heterocycles. The predicted octanol–water partition coefficient (Wildman–Crippen LogP) is 1.55. The number of cyclic esters (lactones) is 1. The van der Waals surface area contributed by atoms with Crippen LogP contribution < -0.4 is 0 Å². The molecule has 0 aromatic carbocycles. The maximum Gasteiger partial charge on any atom is 0.312 e. The molecule has 1 heterocycles. The fraction of sp³-hybridized carbons (Fsp3) is 0.909. The Labute approximate surface area is 84.4 Å². The van der Waals surface area contributed by atoms with E-state index in [4.69, 9.17) is 4.74 Å². The molecule has 3 nitrogen and oxygen atoms in total. The molecule has 2 fully saturated rings. The van der Waals surface area contributed by atoms with E-state index in [2.05, 4.69) is 13.8 Å². The van der Waals surface area contributed by atoms with Crippen LogP contribution in [0.1, 0.15) is 33.6 Å². The van der Waals surface area contributed by atoms with Gasteiger partial charge in [-0.3, -0.25) is 4.79 Å². The Morgan fingerprint density at radius 2 is 2.14 bits per heavy atom. The first-order chi connectivity index (χ1) is 6.45. The SMILES string of the molecule is C[C@@H]1C[C@H](C)[C@@H]2C(=O)OC(O)[C@]2(C)C1. The third-order valence-corrected chi connectivity index (χ3v) is 3.89. The summed E-state index contributed by atoms with van der Waals surface area (Å²) >= 11 is 0. The Hall–Kier alpha value is -0.570. The quantitative estimate of drug-likeness (QED) is 0.601. The molecule has 1 aliphatic carbocycles. The first-order valence-electron chi connectivity index (χ1n) is 5.33. The number of carbonyl (C=O) groups is 1. The Morgan fingerprint density at radius 1 is 1.50 bits per heavy atom. The van der Waals surface area contributed by atoms with Crippen LogP contribution in [-0.2, 0) is 9.53 Å². The van der Waals surface area contributed by atoms with E-state index < -0.39 is 6.29 Å². The number of rotatable bonds is 0. The van der Waals surface area contributed by atoms with E-state index in [0.29, 0.717) is 11.8 Å². The number of fused-ring (bicyclic) bond motifs is 1. The van der Waals surface area contributed by atoms with Gasteiger partial charge in [0.05, 0.1) is 5.92 Å². The fourth-order valence-corrected chi connectivity index (χ4v) is 3.46. The largest absolute Gasteiger partial charge is 0.435 e. The standard InChI is InChI=1S/C11H18O3/c1-6-4-7(2)8-9(12)14-10(13)11(8,3)5-6/h6-8,10,13H,4-5H2,1-3H3/t6-,7+,8-,10?,11-/m1/s1. The van der Waals surface area contributed by atoms with Crippen molar-refractivity contribution in [3.05, 3.63) is 0 Å². The maximum atomic E-state index is 11.6. The van der Waals surface area contributed by atoms with E-state index in [1.807, 2.05) is 6.92 Å². The van der Waals surface area contributed by atoms with Gasteiger partial charge >= 0.3 is 5.97 Å². The van der Waals surface area contributed by atoms with E-state index in [0.717, 1.165) is 12.8 Å². The maximum absolute atomic E-state index is 11.6. The van der Waals surface area contributed by atoms with E-state index in [9.17, 15) is 9.90 Å². The van der Waals surface area contributed by atoms with Gasteiger partial charge in [0.25, 0.3) is 0 Å². The molecule has 0 spiro atoms. The van der Waals surface area contributed by atoms with Crippen LogP contribution in [0.4, 0.5) is 0 Å². The van der Waals surface area contributed by atoms with Gasteiger partial charge in [-0.15, -0.1) is 0 Å². The van der Waals surface area contributed by atoms with Gasteiger partial charge in [0.15, 0.2) is 0 Å². The lowest BCUT2D eigenvalue weighted by molar-refractivity contribution is -0.161. The summed E-state index contributed by atoms with van der Waals surface area (Å²) in [5.74, 6) is 0.580. The van der Waals surface area contributed by atoms with Crippen LogP contribution in [-0.4, -0.2) is 17.4 Å². The summed E-state index contributed by atoms with van der Waals surface area (Å²) in [6.45, 7) is 6.23. The molecule has 1 N–H and O–H groups in total. The number of aliphatic hydroxyl groups is 1. The highest BCUT2D eigenvalue weighted by atomic mass is 16.6. The lowest BCUT2D eigenvalue weighted by Crippen LogP contribution is -2.42. The van der Waals surface area contributed by atoms with E-state index in [1.54, 1.807) is 0 Å². The summed E-state index contributed by atoms with van der Waals surface area (Å²) in [4.78, 5) is 11.6. The molecule has 1 unspecified atom stereocenters. The zero-order valence-electron chi connectivity index (χ0n) is 8.99. The van der Waals surface area contributed by atoms with Gasteiger partial charge in [-0.2, -0.15) is 0 Å². The van der Waals surface area contributed by atoms with Crippen molar-refractivity contribution in [2.24, 2.45) is 23.2 Å². The zero-order valence-corrected chi connectivity index (χ0v) is 8.99. The molecule has 80 valence electrons. The van der Waals surface area contributed by atoms with Crippen molar-refractivity contribution in [2.75, 3.05) is 0 Å². The van der Waals surface area contributed by atoms with Crippen LogP contribution in [0.25, 0.3) is 0 Å². The van der Waals surface area contributed by atoms with Crippen molar-refractivity contribution in [2.45, 2.75) is 39.9 Å². The second-order valence-electron chi connectivity index (χ2n) is 5.30. The predicted molar refractivity (Wildman–Crippen MR) is 51.3 cm³/mol. The van der Waals surface area contributed by atoms with E-state index in [-0.39, 0.29) is 17.3 Å². The average Bonchev–Trinajstić information content (AvgIpc) is 2.21. The van der Waals surface area contributed by atoms with Crippen molar-refractivity contribution in [1.29, 1.82) is 0 Å². The Bertz CT molecular complexity index is 263. The third-order valence-electron chi connectivity index (χ3n) is 3.89. The van der Waals surface area contributed by atoms with Crippen LogP contribution in [0.3, 0.4) is 0 Å². The monoisotopic (exact) mass is 198 g/mol. The highest BCUT2D eigenvalue weighted by molar-refractivity contribution is 5.76. The van der Waals surface area contributed by atoms with Crippen molar-refractivity contribution >= 4 is 5.97 Å². The molecule has 5 atom stereocenters. The smallest absolute Gasteiger partial charge is 0.312 e. The normalized spacial score (nSPS) is 52.7. The minimum absolute atomic E-state index is 0.103. The van der Waals surface area contributed by atoms with Gasteiger partial charge in [0.2, 0.25) is 6.29 Å². The lowest BCUT2D eigenvalue weighted by atomic mass is 9.61. The van der Waals surface area contributed by atoms with Crippen LogP contribution in [0, 0.1) is 23.2 Å². The number of hydrogen-bond acceptors (Lipinski definition) is 3. The summed E-state index contributed by atoms with van der Waals surface area (Å²) in [6, 6.07) is 0. The zero-order chi connectivity index (χ0) is 10.5. The second-order valence-corrected chi connectivity index (χ2v) is 5.30. The lowest BCUT2D eigenvalue weighted by Gasteiger charge is -2.41. The summed E-state index contributed by atoms with van der Waals surface area (Å²) in [7, 11) is 0. The Kier molecular flexibility index (Phi) is 2.11. The van der Waals surface area contributed by atoms with Crippen molar-refractivity contribution in [3.63, 3.8) is 0 Å². The molecule has 2 rings (SSSR count). The van der Waals surface area contributed by atoms with Crippen LogP contribution in [0.15, 0.2) is 0 Å². The van der Waals surface area contributed by atoms with Crippen LogP contribution in [0.2, 0.25) is 0 Å². The van der Waals surface area contributed by atoms with Gasteiger partial charge in [-0.05, 0) is 24.7 Å². The first kappa shape index (κ1) is 9.97. The number of hydrogen-bond donors (Lipinski definition) is 1. The van der Waals surface area contributed by atoms with E-state index >= 15 is 0 Å². The van der Waals surface area contributed by atoms with Gasteiger partial charge < -0.3 is 9.84 Å². The molecule has 0 aromatic heterocycles. The Balaban J connectivity index is 2.33. The Morgan fingerprint density at radius 3 is 2.79 bits per heavy atom. The highest BCUT2D eigenvalue weighted by Crippen LogP contribution is 2.53. The number of ether oxygens (including phenoxy) is 1. The van der Waals surface area contributed by atoms with Crippen molar-refractivity contribution in [1.82, 2.24) is 0 Å². The number of aliphatic hydroxyl groups excluding tert-OH is 1. The van der Waals surface area contributed by atoms with Crippen molar-refractivity contribution < 1.29 is 14.6 Å². The molecule has 1 saturated carbocycles. The molecule has 3 heteroatoms. The molecule has 0 bridgehead atoms. The van der Waals surface area contributed by atoms with Gasteiger partial charge in [-0.25, -0.2) is 0 Å². The third kappa shape index (κ3) is 1.18. The molecule has 14 heavy (non-hydrogen) atoms. The van der Waals surface area contributed by atoms with Crippen molar-refractivity contribution in [3.8, 4) is 0 Å².